The predicted octanol–water partition coefficient (Wildman–Crippen LogP) is 4.25. The summed E-state index contributed by atoms with van der Waals surface area (Å²) in [4.78, 5) is 12.6. The van der Waals surface area contributed by atoms with Gasteiger partial charge >= 0.3 is 0 Å². The smallest absolute Gasteiger partial charge is 0.262 e. The zero-order chi connectivity index (χ0) is 20.5. The van der Waals surface area contributed by atoms with Gasteiger partial charge in [-0.3, -0.25) is 4.79 Å². The average Bonchev–Trinajstić information content (AvgIpc) is 2.71. The number of hydrogen-bond donors (Lipinski definition) is 1. The number of carbonyl (C=O) groups is 1. The molecule has 0 saturated carbocycles. The lowest BCUT2D eigenvalue weighted by Crippen LogP contribution is -2.27. The largest absolute Gasteiger partial charge is 0.493 e. The third-order valence-corrected chi connectivity index (χ3v) is 4.34. The van der Waals surface area contributed by atoms with Crippen molar-refractivity contribution in [1.82, 2.24) is 5.32 Å². The summed E-state index contributed by atoms with van der Waals surface area (Å²) in [5.41, 5.74) is 1.38. The molecule has 0 fully saturated rings. The molecule has 0 saturated heterocycles. The van der Waals surface area contributed by atoms with Gasteiger partial charge in [-0.15, -0.1) is 6.42 Å². The van der Waals surface area contributed by atoms with Crippen LogP contribution in [0.15, 0.2) is 52.5 Å². The second-order valence-corrected chi connectivity index (χ2v) is 6.71. The van der Waals surface area contributed by atoms with Gasteiger partial charge in [0.15, 0.2) is 11.5 Å². The molecule has 2 aromatic carbocycles. The van der Waals surface area contributed by atoms with Gasteiger partial charge in [-0.1, -0.05) is 52.2 Å². The van der Waals surface area contributed by atoms with Gasteiger partial charge in [0.1, 0.15) is 18.2 Å². The van der Waals surface area contributed by atoms with Crippen molar-refractivity contribution in [2.45, 2.75) is 13.0 Å². The lowest BCUT2D eigenvalue weighted by molar-refractivity contribution is -0.117. The molecule has 5 nitrogen and oxygen atoms in total. The van der Waals surface area contributed by atoms with Gasteiger partial charge in [0, 0.05) is 10.0 Å². The van der Waals surface area contributed by atoms with Crippen LogP contribution < -0.4 is 14.8 Å². The molecule has 2 aromatic rings. The van der Waals surface area contributed by atoms with Crippen LogP contribution in [0.1, 0.15) is 24.1 Å². The van der Waals surface area contributed by atoms with E-state index in [0.717, 1.165) is 5.56 Å². The number of terminal acetylenes is 1. The van der Waals surface area contributed by atoms with Crippen molar-refractivity contribution in [1.29, 1.82) is 5.26 Å². The number of carbonyl (C=O) groups excluding carboxylic acids is 1. The maximum Gasteiger partial charge on any atom is 0.262 e. The monoisotopic (exact) mass is 438 g/mol. The summed E-state index contributed by atoms with van der Waals surface area (Å²) in [6.07, 6.45) is 6.73. The Labute approximate surface area is 173 Å². The van der Waals surface area contributed by atoms with E-state index in [2.05, 4.69) is 27.2 Å². The number of nitrogens with zero attached hydrogens (tertiary/aromatic N) is 1. The quantitative estimate of drug-likeness (QED) is 0.398. The number of methoxy groups -OCH3 is 1. The molecular formula is C22H19BrN2O3. The minimum Gasteiger partial charge on any atom is -0.493 e. The van der Waals surface area contributed by atoms with Crippen molar-refractivity contribution in [3.05, 3.63) is 63.6 Å². The van der Waals surface area contributed by atoms with E-state index in [1.165, 1.54) is 13.2 Å². The highest BCUT2D eigenvalue weighted by atomic mass is 79.9. The molecule has 0 aliphatic rings. The van der Waals surface area contributed by atoms with Crippen LogP contribution in [0.25, 0.3) is 6.08 Å². The molecule has 0 radical (unpaired) electrons. The fourth-order valence-corrected chi connectivity index (χ4v) is 2.97. The van der Waals surface area contributed by atoms with Gasteiger partial charge in [0.05, 0.1) is 13.2 Å². The molecule has 0 aliphatic heterocycles. The lowest BCUT2D eigenvalue weighted by atomic mass is 10.1. The molecule has 0 heterocycles. The standard InChI is InChI=1S/C22H19BrN2O3/c1-4-10-28-21-17(12-19(23)13-20(21)27-3)11-18(14-24)22(26)25-15(2)16-8-6-5-7-9-16/h1,5-9,11-13,15H,10H2,2-3H3,(H,25,26)/b18-11+/t15-/m0/s1. The van der Waals surface area contributed by atoms with Gasteiger partial charge in [0.2, 0.25) is 0 Å². The summed E-state index contributed by atoms with van der Waals surface area (Å²) in [5.74, 6) is 2.70. The SMILES string of the molecule is C#CCOc1c(/C=C(\C#N)C(=O)N[C@@H](C)c2ccccc2)cc(Br)cc1OC. The van der Waals surface area contributed by atoms with Crippen molar-refractivity contribution in [2.24, 2.45) is 0 Å². The van der Waals surface area contributed by atoms with Gasteiger partial charge in [-0.2, -0.15) is 5.26 Å². The van der Waals surface area contributed by atoms with E-state index < -0.39 is 5.91 Å². The Bertz CT molecular complexity index is 956. The summed E-state index contributed by atoms with van der Waals surface area (Å²) in [6, 6.07) is 14.6. The number of halogens is 1. The first-order valence-corrected chi connectivity index (χ1v) is 9.20. The normalized spacial score (nSPS) is 11.7. The molecule has 6 heteroatoms. The minimum atomic E-state index is -0.485. The van der Waals surface area contributed by atoms with Crippen LogP contribution in [0.5, 0.6) is 11.5 Å². The Morgan fingerprint density at radius 1 is 1.36 bits per heavy atom. The van der Waals surface area contributed by atoms with Crippen molar-refractivity contribution in [3.63, 3.8) is 0 Å². The highest BCUT2D eigenvalue weighted by Crippen LogP contribution is 2.36. The molecule has 1 amide bonds. The van der Waals surface area contributed by atoms with Crippen molar-refractivity contribution in [3.8, 4) is 29.9 Å². The third kappa shape index (κ3) is 5.39. The maximum atomic E-state index is 12.6. The summed E-state index contributed by atoms with van der Waals surface area (Å²) in [6.45, 7) is 1.88. The fraction of sp³-hybridized carbons (Fsp3) is 0.182. The van der Waals surface area contributed by atoms with E-state index in [4.69, 9.17) is 15.9 Å². The number of hydrogen-bond acceptors (Lipinski definition) is 4. The van der Waals surface area contributed by atoms with Crippen LogP contribution in [0, 0.1) is 23.7 Å². The third-order valence-electron chi connectivity index (χ3n) is 3.88. The number of benzene rings is 2. The molecule has 2 rings (SSSR count). The molecule has 28 heavy (non-hydrogen) atoms. The van der Waals surface area contributed by atoms with Crippen molar-refractivity contribution >= 4 is 27.9 Å². The number of rotatable bonds is 7. The zero-order valence-electron chi connectivity index (χ0n) is 15.5. The Balaban J connectivity index is 2.35. The number of ether oxygens (including phenoxy) is 2. The van der Waals surface area contributed by atoms with Crippen molar-refractivity contribution < 1.29 is 14.3 Å². The molecule has 1 N–H and O–H groups in total. The topological polar surface area (TPSA) is 71.3 Å². The lowest BCUT2D eigenvalue weighted by Gasteiger charge is -2.15. The second-order valence-electron chi connectivity index (χ2n) is 5.79. The highest BCUT2D eigenvalue weighted by molar-refractivity contribution is 9.10. The summed E-state index contributed by atoms with van der Waals surface area (Å²) >= 11 is 3.39. The first-order valence-electron chi connectivity index (χ1n) is 8.41. The van der Waals surface area contributed by atoms with E-state index in [1.807, 2.05) is 43.3 Å². The summed E-state index contributed by atoms with van der Waals surface area (Å²) < 4.78 is 11.6. The number of nitriles is 1. The van der Waals surface area contributed by atoms with Crippen LogP contribution >= 0.6 is 15.9 Å². The van der Waals surface area contributed by atoms with E-state index >= 15 is 0 Å². The van der Waals surface area contributed by atoms with Gasteiger partial charge in [0.25, 0.3) is 5.91 Å². The van der Waals surface area contributed by atoms with Crippen LogP contribution in [0.4, 0.5) is 0 Å². The average molecular weight is 439 g/mol. The highest BCUT2D eigenvalue weighted by Gasteiger charge is 2.17. The molecule has 1 atom stereocenters. The Morgan fingerprint density at radius 2 is 2.07 bits per heavy atom. The van der Waals surface area contributed by atoms with Gasteiger partial charge < -0.3 is 14.8 Å². The fourth-order valence-electron chi connectivity index (χ4n) is 2.52. The van der Waals surface area contributed by atoms with Crippen LogP contribution in [-0.4, -0.2) is 19.6 Å². The summed E-state index contributed by atoms with van der Waals surface area (Å²) in [5, 5.41) is 12.3. The molecule has 0 unspecified atom stereocenters. The van der Waals surface area contributed by atoms with E-state index in [9.17, 15) is 10.1 Å². The molecule has 0 spiro atoms. The first-order chi connectivity index (χ1) is 13.5. The second kappa shape index (κ2) is 10.2. The van der Waals surface area contributed by atoms with E-state index in [0.29, 0.717) is 21.5 Å². The minimum absolute atomic E-state index is 0.0258. The number of nitrogens with one attached hydrogen (secondary N) is 1. The van der Waals surface area contributed by atoms with Crippen LogP contribution in [-0.2, 0) is 4.79 Å². The van der Waals surface area contributed by atoms with Crippen LogP contribution in [0.2, 0.25) is 0 Å². The summed E-state index contributed by atoms with van der Waals surface area (Å²) in [7, 11) is 1.50. The zero-order valence-corrected chi connectivity index (χ0v) is 17.1. The molecule has 0 aromatic heterocycles. The van der Waals surface area contributed by atoms with E-state index in [-0.39, 0.29) is 18.2 Å². The number of amides is 1. The Kier molecular flexibility index (Phi) is 7.68. The van der Waals surface area contributed by atoms with Crippen molar-refractivity contribution in [2.75, 3.05) is 13.7 Å². The molecular weight excluding hydrogens is 420 g/mol. The maximum absolute atomic E-state index is 12.6. The predicted molar refractivity (Wildman–Crippen MR) is 112 cm³/mol. The Morgan fingerprint density at radius 3 is 2.68 bits per heavy atom. The first kappa shape index (κ1) is 21.1. The molecule has 0 bridgehead atoms. The Hall–Kier alpha value is -3.22. The van der Waals surface area contributed by atoms with Gasteiger partial charge in [-0.05, 0) is 30.7 Å². The van der Waals surface area contributed by atoms with Crippen LogP contribution in [0.3, 0.4) is 0 Å². The molecule has 142 valence electrons. The van der Waals surface area contributed by atoms with E-state index in [1.54, 1.807) is 12.1 Å². The van der Waals surface area contributed by atoms with Gasteiger partial charge in [-0.25, -0.2) is 0 Å². The molecule has 0 aliphatic carbocycles.